The molecule has 1 aromatic heterocycles. The van der Waals surface area contributed by atoms with Crippen LogP contribution in [-0.2, 0) is 22.6 Å². The molecular formula is C25H28N2O2. The Kier molecular flexibility index (Phi) is 5.11. The first kappa shape index (κ1) is 18.4. The van der Waals surface area contributed by atoms with Gasteiger partial charge in [-0.3, -0.25) is 4.79 Å². The largest absolute Gasteiger partial charge is 0.376 e. The van der Waals surface area contributed by atoms with Gasteiger partial charge in [-0.2, -0.15) is 0 Å². The molecule has 0 unspecified atom stereocenters. The zero-order valence-corrected chi connectivity index (χ0v) is 16.8. The Morgan fingerprint density at radius 3 is 2.76 bits per heavy atom. The Bertz CT molecular complexity index is 994. The summed E-state index contributed by atoms with van der Waals surface area (Å²) in [6, 6.07) is 18.8. The fourth-order valence-corrected chi connectivity index (χ4v) is 5.02. The Balaban J connectivity index is 1.37. The van der Waals surface area contributed by atoms with Crippen LogP contribution in [0.2, 0.25) is 0 Å². The van der Waals surface area contributed by atoms with Gasteiger partial charge in [-0.25, -0.2) is 0 Å². The van der Waals surface area contributed by atoms with Crippen molar-refractivity contribution in [2.24, 2.45) is 5.92 Å². The first-order valence-corrected chi connectivity index (χ1v) is 10.8. The summed E-state index contributed by atoms with van der Waals surface area (Å²) in [5, 5.41) is 1.28. The molecule has 1 fully saturated rings. The number of rotatable bonds is 4. The van der Waals surface area contributed by atoms with E-state index < -0.39 is 0 Å². The van der Waals surface area contributed by atoms with Crippen LogP contribution in [0.25, 0.3) is 10.9 Å². The molecule has 4 heteroatoms. The first-order valence-electron chi connectivity index (χ1n) is 10.8. The molecule has 2 aliphatic heterocycles. The molecule has 1 saturated heterocycles. The second kappa shape index (κ2) is 8.03. The Hall–Kier alpha value is -2.59. The number of nitrogens with zero attached hydrogens (tertiary/aromatic N) is 1. The highest BCUT2D eigenvalue weighted by atomic mass is 16.5. The summed E-state index contributed by atoms with van der Waals surface area (Å²) >= 11 is 0. The molecule has 3 heterocycles. The highest BCUT2D eigenvalue weighted by molar-refractivity contribution is 5.91. The molecule has 0 saturated carbocycles. The maximum atomic E-state index is 13.3. The van der Waals surface area contributed by atoms with Crippen molar-refractivity contribution in [1.82, 2.24) is 9.88 Å². The SMILES string of the molecule is O=C1[C@H]2C[C@@H](COCc3ccccc3)CCCN1CCc1c2[nH]c2ccccc12. The number of aromatic amines is 1. The van der Waals surface area contributed by atoms with Crippen LogP contribution in [0.1, 0.15) is 42.0 Å². The lowest BCUT2D eigenvalue weighted by Crippen LogP contribution is -2.38. The van der Waals surface area contributed by atoms with E-state index in [1.165, 1.54) is 16.5 Å². The second-order valence-corrected chi connectivity index (χ2v) is 8.44. The molecule has 150 valence electrons. The number of carbonyl (C=O) groups excluding carboxylic acids is 1. The van der Waals surface area contributed by atoms with Gasteiger partial charge < -0.3 is 14.6 Å². The maximum absolute atomic E-state index is 13.3. The number of hydrogen-bond acceptors (Lipinski definition) is 2. The van der Waals surface area contributed by atoms with E-state index in [0.717, 1.165) is 50.0 Å². The molecule has 1 N–H and O–H groups in total. The molecule has 0 radical (unpaired) electrons. The maximum Gasteiger partial charge on any atom is 0.231 e. The van der Waals surface area contributed by atoms with E-state index in [0.29, 0.717) is 25.0 Å². The van der Waals surface area contributed by atoms with Gasteiger partial charge in [0, 0.05) is 36.3 Å². The minimum atomic E-state index is -0.0782. The number of fused-ring (bicyclic) bond motifs is 6. The molecule has 2 bridgehead atoms. The number of amides is 1. The minimum Gasteiger partial charge on any atom is -0.376 e. The third-order valence-corrected chi connectivity index (χ3v) is 6.51. The van der Waals surface area contributed by atoms with E-state index in [2.05, 4.69) is 46.3 Å². The zero-order valence-electron chi connectivity index (χ0n) is 16.8. The average Bonchev–Trinajstić information content (AvgIpc) is 3.04. The van der Waals surface area contributed by atoms with Gasteiger partial charge in [0.2, 0.25) is 5.91 Å². The molecule has 0 spiro atoms. The van der Waals surface area contributed by atoms with Crippen molar-refractivity contribution in [2.75, 3.05) is 19.7 Å². The fourth-order valence-electron chi connectivity index (χ4n) is 5.02. The van der Waals surface area contributed by atoms with Gasteiger partial charge in [-0.1, -0.05) is 48.5 Å². The lowest BCUT2D eigenvalue weighted by Gasteiger charge is -2.31. The van der Waals surface area contributed by atoms with Crippen LogP contribution in [0.3, 0.4) is 0 Å². The zero-order chi connectivity index (χ0) is 19.6. The molecule has 3 aromatic rings. The van der Waals surface area contributed by atoms with Crippen LogP contribution in [0.15, 0.2) is 54.6 Å². The van der Waals surface area contributed by atoms with Crippen molar-refractivity contribution in [3.8, 4) is 0 Å². The fraction of sp³-hybridized carbons (Fsp3) is 0.400. The van der Waals surface area contributed by atoms with Gasteiger partial charge in [-0.05, 0) is 48.8 Å². The smallest absolute Gasteiger partial charge is 0.231 e. The molecule has 0 aliphatic carbocycles. The summed E-state index contributed by atoms with van der Waals surface area (Å²) in [5.41, 5.74) is 4.84. The Morgan fingerprint density at radius 1 is 1.03 bits per heavy atom. The lowest BCUT2D eigenvalue weighted by atomic mass is 9.86. The van der Waals surface area contributed by atoms with Gasteiger partial charge in [0.25, 0.3) is 0 Å². The van der Waals surface area contributed by atoms with E-state index in [9.17, 15) is 4.79 Å². The highest BCUT2D eigenvalue weighted by Gasteiger charge is 2.36. The van der Waals surface area contributed by atoms with Gasteiger partial charge in [0.15, 0.2) is 0 Å². The number of ether oxygens (including phenoxy) is 1. The lowest BCUT2D eigenvalue weighted by molar-refractivity contribution is -0.134. The van der Waals surface area contributed by atoms with Crippen LogP contribution in [-0.4, -0.2) is 35.5 Å². The van der Waals surface area contributed by atoms with Crippen molar-refractivity contribution in [1.29, 1.82) is 0 Å². The first-order chi connectivity index (χ1) is 14.3. The molecule has 29 heavy (non-hydrogen) atoms. The number of benzene rings is 2. The second-order valence-electron chi connectivity index (χ2n) is 8.44. The number of nitrogens with one attached hydrogen (secondary N) is 1. The average molecular weight is 389 g/mol. The normalized spacial score (nSPS) is 22.1. The molecule has 2 atom stereocenters. The molecule has 4 nitrogen and oxygen atoms in total. The van der Waals surface area contributed by atoms with Crippen LogP contribution >= 0.6 is 0 Å². The third-order valence-electron chi connectivity index (χ3n) is 6.51. The van der Waals surface area contributed by atoms with Crippen molar-refractivity contribution in [3.63, 3.8) is 0 Å². The predicted octanol–water partition coefficient (Wildman–Crippen LogP) is 4.65. The topological polar surface area (TPSA) is 45.3 Å². The number of carbonyl (C=O) groups is 1. The summed E-state index contributed by atoms with van der Waals surface area (Å²) in [7, 11) is 0. The summed E-state index contributed by atoms with van der Waals surface area (Å²) in [6.45, 7) is 3.06. The van der Waals surface area contributed by atoms with E-state index >= 15 is 0 Å². The third kappa shape index (κ3) is 3.69. The number of para-hydroxylation sites is 1. The Labute approximate surface area is 171 Å². The quantitative estimate of drug-likeness (QED) is 0.707. The van der Waals surface area contributed by atoms with Crippen LogP contribution < -0.4 is 0 Å². The van der Waals surface area contributed by atoms with Crippen LogP contribution in [0.5, 0.6) is 0 Å². The number of H-pyrrole nitrogens is 1. The molecular weight excluding hydrogens is 360 g/mol. The monoisotopic (exact) mass is 388 g/mol. The van der Waals surface area contributed by atoms with Gasteiger partial charge in [-0.15, -0.1) is 0 Å². The van der Waals surface area contributed by atoms with Gasteiger partial charge in [0.05, 0.1) is 12.5 Å². The van der Waals surface area contributed by atoms with E-state index in [1.807, 2.05) is 18.2 Å². The molecule has 5 rings (SSSR count). The Morgan fingerprint density at radius 2 is 1.86 bits per heavy atom. The van der Waals surface area contributed by atoms with Crippen LogP contribution in [0.4, 0.5) is 0 Å². The summed E-state index contributed by atoms with van der Waals surface area (Å²) in [4.78, 5) is 19.0. The molecule has 1 amide bonds. The number of aromatic nitrogens is 1. The van der Waals surface area contributed by atoms with Gasteiger partial charge in [0.1, 0.15) is 0 Å². The van der Waals surface area contributed by atoms with Crippen molar-refractivity contribution >= 4 is 16.8 Å². The van der Waals surface area contributed by atoms with Crippen LogP contribution in [0, 0.1) is 5.92 Å². The molecule has 2 aromatic carbocycles. The number of hydrogen-bond donors (Lipinski definition) is 1. The summed E-state index contributed by atoms with van der Waals surface area (Å²) in [6.07, 6.45) is 3.98. The van der Waals surface area contributed by atoms with Gasteiger partial charge >= 0.3 is 0 Å². The summed E-state index contributed by atoms with van der Waals surface area (Å²) < 4.78 is 6.07. The summed E-state index contributed by atoms with van der Waals surface area (Å²) in [5.74, 6) is 0.626. The van der Waals surface area contributed by atoms with Crippen molar-refractivity contribution < 1.29 is 9.53 Å². The van der Waals surface area contributed by atoms with E-state index in [-0.39, 0.29) is 5.92 Å². The highest BCUT2D eigenvalue weighted by Crippen LogP contribution is 2.37. The minimum absolute atomic E-state index is 0.0782. The molecule has 2 aliphatic rings. The van der Waals surface area contributed by atoms with E-state index in [1.54, 1.807) is 0 Å². The van der Waals surface area contributed by atoms with E-state index in [4.69, 9.17) is 4.74 Å². The standard InChI is InChI=1S/C25H28N2O2/c28-25-22-15-19(17-29-16-18-7-2-1-3-8-18)9-6-13-27(25)14-12-21-20-10-4-5-11-23(20)26-24(21)22/h1-5,7-8,10-11,19,22,26H,6,9,12-17H2/t19-,22-/m0/s1. The van der Waals surface area contributed by atoms with Crippen molar-refractivity contribution in [3.05, 3.63) is 71.4 Å². The predicted molar refractivity (Wildman–Crippen MR) is 115 cm³/mol. The van der Waals surface area contributed by atoms with Crippen molar-refractivity contribution in [2.45, 2.75) is 38.2 Å².